The zero-order valence-electron chi connectivity index (χ0n) is 11.6. The molecule has 112 valence electrons. The van der Waals surface area contributed by atoms with Gasteiger partial charge in [-0.2, -0.15) is 0 Å². The topological polar surface area (TPSA) is 61.4 Å². The number of aliphatic hydroxyl groups is 1. The molecule has 0 aliphatic heterocycles. The second kappa shape index (κ2) is 8.07. The molecule has 0 radical (unpaired) electrons. The lowest BCUT2D eigenvalue weighted by molar-refractivity contribution is 0.200. The van der Waals surface area contributed by atoms with Crippen molar-refractivity contribution in [3.05, 3.63) is 34.6 Å². The quantitative estimate of drug-likeness (QED) is 0.755. The third-order valence-electron chi connectivity index (χ3n) is 3.22. The number of carbonyl (C=O) groups excluding carboxylic acids is 1. The second-order valence-corrected chi connectivity index (χ2v) is 5.21. The first kappa shape index (κ1) is 16.7. The number of aliphatic hydroxyl groups excluding tert-OH is 1. The van der Waals surface area contributed by atoms with Gasteiger partial charge in [0.15, 0.2) is 0 Å². The second-order valence-electron chi connectivity index (χ2n) is 4.80. The molecule has 0 heterocycles. The summed E-state index contributed by atoms with van der Waals surface area (Å²) in [7, 11) is 0. The van der Waals surface area contributed by atoms with Crippen molar-refractivity contribution >= 4 is 17.6 Å². The smallest absolute Gasteiger partial charge is 0.315 e. The van der Waals surface area contributed by atoms with Crippen LogP contribution in [-0.2, 0) is 6.42 Å². The van der Waals surface area contributed by atoms with E-state index < -0.39 is 0 Å². The van der Waals surface area contributed by atoms with E-state index in [0.29, 0.717) is 17.0 Å². The summed E-state index contributed by atoms with van der Waals surface area (Å²) in [5, 5.41) is 14.7. The van der Waals surface area contributed by atoms with Crippen molar-refractivity contribution in [3.8, 4) is 0 Å². The van der Waals surface area contributed by atoms with Crippen molar-refractivity contribution in [2.75, 3.05) is 13.2 Å². The fourth-order valence-electron chi connectivity index (χ4n) is 1.63. The van der Waals surface area contributed by atoms with E-state index in [4.69, 9.17) is 16.7 Å². The number of rotatable bonds is 6. The summed E-state index contributed by atoms with van der Waals surface area (Å²) in [6, 6.07) is 4.01. The van der Waals surface area contributed by atoms with E-state index >= 15 is 0 Å². The largest absolute Gasteiger partial charge is 0.396 e. The van der Waals surface area contributed by atoms with Gasteiger partial charge < -0.3 is 15.7 Å². The molecule has 0 fully saturated rings. The molecule has 0 saturated heterocycles. The van der Waals surface area contributed by atoms with Crippen molar-refractivity contribution in [1.29, 1.82) is 0 Å². The van der Waals surface area contributed by atoms with Gasteiger partial charge in [-0.1, -0.05) is 24.6 Å². The van der Waals surface area contributed by atoms with Crippen molar-refractivity contribution in [1.82, 2.24) is 10.6 Å². The Hall–Kier alpha value is -1.33. The summed E-state index contributed by atoms with van der Waals surface area (Å²) in [4.78, 5) is 11.6. The van der Waals surface area contributed by atoms with Gasteiger partial charge in [-0.25, -0.2) is 9.18 Å². The molecule has 0 aliphatic rings. The number of nitrogens with one attached hydrogen (secondary N) is 2. The molecule has 2 unspecified atom stereocenters. The van der Waals surface area contributed by atoms with Gasteiger partial charge in [-0.05, 0) is 31.4 Å². The Morgan fingerprint density at radius 2 is 2.15 bits per heavy atom. The molecule has 20 heavy (non-hydrogen) atoms. The maximum Gasteiger partial charge on any atom is 0.315 e. The number of hydrogen-bond donors (Lipinski definition) is 3. The van der Waals surface area contributed by atoms with E-state index in [1.165, 1.54) is 6.07 Å². The summed E-state index contributed by atoms with van der Waals surface area (Å²) < 4.78 is 13.5. The Kier molecular flexibility index (Phi) is 6.75. The van der Waals surface area contributed by atoms with Crippen LogP contribution in [0.2, 0.25) is 5.02 Å². The zero-order valence-corrected chi connectivity index (χ0v) is 12.4. The lowest BCUT2D eigenvalue weighted by Crippen LogP contribution is -2.44. The average molecular weight is 303 g/mol. The summed E-state index contributed by atoms with van der Waals surface area (Å²) in [6.45, 7) is 3.94. The molecular formula is C14H20ClFN2O2. The van der Waals surface area contributed by atoms with Crippen LogP contribution in [0, 0.1) is 11.7 Å². The number of urea groups is 1. The van der Waals surface area contributed by atoms with E-state index in [2.05, 4.69) is 10.6 Å². The first-order chi connectivity index (χ1) is 9.45. The molecule has 4 nitrogen and oxygen atoms in total. The third kappa shape index (κ3) is 4.98. The lowest BCUT2D eigenvalue weighted by atomic mass is 10.1. The third-order valence-corrected chi connectivity index (χ3v) is 3.58. The van der Waals surface area contributed by atoms with E-state index in [1.807, 2.05) is 13.8 Å². The minimum atomic E-state index is -0.373. The normalized spacial score (nSPS) is 13.7. The standard InChI is InChI=1S/C14H20ClFN2O2/c1-9(8-19)10(2)18-14(20)17-7-6-11-12(15)4-3-5-13(11)16/h3-5,9-10,19H,6-8H2,1-2H3,(H2,17,18,20). The van der Waals surface area contributed by atoms with Gasteiger partial charge in [-0.3, -0.25) is 0 Å². The molecule has 3 N–H and O–H groups in total. The number of benzene rings is 1. The maximum absolute atomic E-state index is 13.5. The summed E-state index contributed by atoms with van der Waals surface area (Å²) in [6.07, 6.45) is 0.322. The molecule has 1 rings (SSSR count). The molecule has 2 amide bonds. The monoisotopic (exact) mass is 302 g/mol. The van der Waals surface area contributed by atoms with Crippen molar-refractivity contribution in [2.45, 2.75) is 26.3 Å². The van der Waals surface area contributed by atoms with Crippen LogP contribution in [0.5, 0.6) is 0 Å². The van der Waals surface area contributed by atoms with Crippen molar-refractivity contribution in [3.63, 3.8) is 0 Å². The predicted octanol–water partition coefficient (Wildman–Crippen LogP) is 2.34. The SMILES string of the molecule is CC(CO)C(C)NC(=O)NCCc1c(F)cccc1Cl. The highest BCUT2D eigenvalue weighted by Gasteiger charge is 2.13. The van der Waals surface area contributed by atoms with Gasteiger partial charge in [0.1, 0.15) is 5.82 Å². The first-order valence-corrected chi connectivity index (χ1v) is 6.91. The Balaban J connectivity index is 2.39. The Labute approximate surface area is 123 Å². The molecule has 1 aromatic carbocycles. The van der Waals surface area contributed by atoms with Gasteiger partial charge in [0, 0.05) is 29.8 Å². The summed E-state index contributed by atoms with van der Waals surface area (Å²) >= 11 is 5.89. The highest BCUT2D eigenvalue weighted by molar-refractivity contribution is 6.31. The van der Waals surface area contributed by atoms with Crippen LogP contribution in [0.25, 0.3) is 0 Å². The fraction of sp³-hybridized carbons (Fsp3) is 0.500. The molecule has 0 saturated carbocycles. The Bertz CT molecular complexity index is 437. The fourth-order valence-corrected chi connectivity index (χ4v) is 1.89. The minimum absolute atomic E-state index is 0.00623. The predicted molar refractivity (Wildman–Crippen MR) is 77.4 cm³/mol. The van der Waals surface area contributed by atoms with Gasteiger partial charge in [-0.15, -0.1) is 0 Å². The number of hydrogen-bond acceptors (Lipinski definition) is 2. The van der Waals surface area contributed by atoms with Crippen LogP contribution < -0.4 is 10.6 Å². The Morgan fingerprint density at radius 1 is 1.45 bits per heavy atom. The molecule has 0 aromatic heterocycles. The van der Waals surface area contributed by atoms with Crippen molar-refractivity contribution < 1.29 is 14.3 Å². The van der Waals surface area contributed by atoms with Crippen molar-refractivity contribution in [2.24, 2.45) is 5.92 Å². The maximum atomic E-state index is 13.5. The Morgan fingerprint density at radius 3 is 2.75 bits per heavy atom. The van der Waals surface area contributed by atoms with E-state index in [9.17, 15) is 9.18 Å². The van der Waals surface area contributed by atoms with Gasteiger partial charge >= 0.3 is 6.03 Å². The highest BCUT2D eigenvalue weighted by atomic mass is 35.5. The van der Waals surface area contributed by atoms with E-state index in [-0.39, 0.29) is 37.0 Å². The van der Waals surface area contributed by atoms with Gasteiger partial charge in [0.2, 0.25) is 0 Å². The van der Waals surface area contributed by atoms with E-state index in [0.717, 1.165) is 0 Å². The molecule has 0 aliphatic carbocycles. The zero-order chi connectivity index (χ0) is 15.1. The van der Waals surface area contributed by atoms with Crippen LogP contribution in [0.3, 0.4) is 0 Å². The molecule has 0 spiro atoms. The van der Waals surface area contributed by atoms with Crippen LogP contribution in [-0.4, -0.2) is 30.3 Å². The summed E-state index contributed by atoms with van der Waals surface area (Å²) in [5.74, 6) is -0.399. The van der Waals surface area contributed by atoms with Gasteiger partial charge in [0.05, 0.1) is 0 Å². The highest BCUT2D eigenvalue weighted by Crippen LogP contribution is 2.18. The number of amides is 2. The van der Waals surface area contributed by atoms with E-state index in [1.54, 1.807) is 12.1 Å². The number of halogens is 2. The van der Waals surface area contributed by atoms with Gasteiger partial charge in [0.25, 0.3) is 0 Å². The molecule has 0 bridgehead atoms. The van der Waals surface area contributed by atoms with Crippen LogP contribution >= 0.6 is 11.6 Å². The number of carbonyl (C=O) groups is 1. The van der Waals surface area contributed by atoms with Crippen LogP contribution in [0.4, 0.5) is 9.18 Å². The minimum Gasteiger partial charge on any atom is -0.396 e. The van der Waals surface area contributed by atoms with Crippen LogP contribution in [0.15, 0.2) is 18.2 Å². The molecule has 1 aromatic rings. The molecular weight excluding hydrogens is 283 g/mol. The average Bonchev–Trinajstić information content (AvgIpc) is 2.41. The van der Waals surface area contributed by atoms with Crippen LogP contribution in [0.1, 0.15) is 19.4 Å². The molecule has 6 heteroatoms. The lowest BCUT2D eigenvalue weighted by Gasteiger charge is -2.19. The summed E-state index contributed by atoms with van der Waals surface area (Å²) in [5.41, 5.74) is 0.395. The first-order valence-electron chi connectivity index (χ1n) is 6.53. The molecule has 2 atom stereocenters.